The lowest BCUT2D eigenvalue weighted by molar-refractivity contribution is -0.385. The Labute approximate surface area is 126 Å². The molecule has 3 atom stereocenters. The average Bonchev–Trinajstić information content (AvgIpc) is 2.74. The van der Waals surface area contributed by atoms with Crippen molar-refractivity contribution in [2.24, 2.45) is 16.7 Å². The summed E-state index contributed by atoms with van der Waals surface area (Å²) in [4.78, 5) is 10.8. The number of nitrogens with zero attached hydrogens (tertiary/aromatic N) is 1. The highest BCUT2D eigenvalue weighted by molar-refractivity contribution is 5.60. The van der Waals surface area contributed by atoms with Gasteiger partial charge in [-0.1, -0.05) is 26.8 Å². The van der Waals surface area contributed by atoms with Gasteiger partial charge in [0.2, 0.25) is 0 Å². The molecule has 2 saturated carbocycles. The fourth-order valence-electron chi connectivity index (χ4n) is 4.59. The van der Waals surface area contributed by atoms with Gasteiger partial charge in [0.25, 0.3) is 5.69 Å². The quantitative estimate of drug-likeness (QED) is 0.656. The third kappa shape index (κ3) is 1.88. The second-order valence-corrected chi connectivity index (χ2v) is 7.51. The van der Waals surface area contributed by atoms with Crippen LogP contribution >= 0.6 is 0 Å². The van der Waals surface area contributed by atoms with E-state index in [1.807, 2.05) is 13.0 Å². The molecule has 0 aromatic heterocycles. The number of benzene rings is 1. The molecule has 0 radical (unpaired) electrons. The second-order valence-electron chi connectivity index (χ2n) is 7.51. The number of hydrogen-bond acceptors (Lipinski definition) is 3. The molecule has 1 N–H and O–H groups in total. The van der Waals surface area contributed by atoms with Crippen LogP contribution in [0.5, 0.6) is 0 Å². The Balaban J connectivity index is 1.90. The third-order valence-corrected chi connectivity index (χ3v) is 6.63. The molecule has 0 spiro atoms. The van der Waals surface area contributed by atoms with Crippen molar-refractivity contribution >= 4 is 11.4 Å². The molecule has 2 aliphatic carbocycles. The van der Waals surface area contributed by atoms with Crippen LogP contribution in [0.2, 0.25) is 0 Å². The highest BCUT2D eigenvalue weighted by atomic mass is 16.6. The zero-order valence-electron chi connectivity index (χ0n) is 13.3. The fraction of sp³-hybridized carbons (Fsp3) is 0.647. The molecule has 2 fully saturated rings. The Kier molecular flexibility index (Phi) is 3.05. The van der Waals surface area contributed by atoms with Gasteiger partial charge in [-0.3, -0.25) is 10.1 Å². The van der Waals surface area contributed by atoms with Crippen LogP contribution in [-0.2, 0) is 0 Å². The molecule has 4 heteroatoms. The van der Waals surface area contributed by atoms with Crippen LogP contribution in [0, 0.1) is 33.8 Å². The van der Waals surface area contributed by atoms with Crippen molar-refractivity contribution in [1.29, 1.82) is 0 Å². The van der Waals surface area contributed by atoms with E-state index < -0.39 is 0 Å². The van der Waals surface area contributed by atoms with E-state index in [0.29, 0.717) is 11.5 Å². The van der Waals surface area contributed by atoms with Gasteiger partial charge in [0.1, 0.15) is 0 Å². The molecule has 3 rings (SSSR count). The zero-order valence-corrected chi connectivity index (χ0v) is 13.3. The number of hydrogen-bond donors (Lipinski definition) is 1. The summed E-state index contributed by atoms with van der Waals surface area (Å²) in [5.74, 6) is 0.763. The predicted octanol–water partition coefficient (Wildman–Crippen LogP) is 4.53. The van der Waals surface area contributed by atoms with E-state index >= 15 is 0 Å². The van der Waals surface area contributed by atoms with E-state index in [-0.39, 0.29) is 16.0 Å². The van der Waals surface area contributed by atoms with Crippen LogP contribution in [0.25, 0.3) is 0 Å². The molecule has 1 aromatic rings. The molecule has 4 nitrogen and oxygen atoms in total. The standard InChI is InChI=1S/C17H24N2O2/c1-11-13(6-5-7-14(11)19(20)21)18-15-10-12-8-9-17(15,4)16(12,2)3/h5-7,12,15,18H,8-10H2,1-4H3. The van der Waals surface area contributed by atoms with Crippen molar-refractivity contribution in [3.05, 3.63) is 33.9 Å². The number of fused-ring (bicyclic) bond motifs is 2. The van der Waals surface area contributed by atoms with Crippen molar-refractivity contribution < 1.29 is 4.92 Å². The van der Waals surface area contributed by atoms with E-state index in [0.717, 1.165) is 17.2 Å². The van der Waals surface area contributed by atoms with Gasteiger partial charge in [0, 0.05) is 23.4 Å². The van der Waals surface area contributed by atoms with Gasteiger partial charge in [-0.25, -0.2) is 0 Å². The number of rotatable bonds is 3. The molecular weight excluding hydrogens is 264 g/mol. The Bertz CT molecular complexity index is 596. The molecule has 21 heavy (non-hydrogen) atoms. The van der Waals surface area contributed by atoms with E-state index in [1.54, 1.807) is 12.1 Å². The van der Waals surface area contributed by atoms with Crippen LogP contribution in [-0.4, -0.2) is 11.0 Å². The first-order valence-corrected chi connectivity index (χ1v) is 7.78. The molecule has 1 aromatic carbocycles. The van der Waals surface area contributed by atoms with Crippen molar-refractivity contribution in [2.45, 2.75) is 53.0 Å². The lowest BCUT2D eigenvalue weighted by Crippen LogP contribution is -2.40. The Hall–Kier alpha value is -1.58. The minimum absolute atomic E-state index is 0.201. The normalized spacial score (nSPS) is 33.1. The summed E-state index contributed by atoms with van der Waals surface area (Å²) in [5, 5.41) is 14.7. The molecule has 2 bridgehead atoms. The third-order valence-electron chi connectivity index (χ3n) is 6.63. The van der Waals surface area contributed by atoms with Crippen LogP contribution in [0.3, 0.4) is 0 Å². The molecule has 0 aliphatic heterocycles. The fourth-order valence-corrected chi connectivity index (χ4v) is 4.59. The van der Waals surface area contributed by atoms with Crippen LogP contribution < -0.4 is 5.32 Å². The van der Waals surface area contributed by atoms with Gasteiger partial charge in [0.15, 0.2) is 0 Å². The minimum Gasteiger partial charge on any atom is -0.381 e. The van der Waals surface area contributed by atoms with Crippen molar-refractivity contribution in [1.82, 2.24) is 0 Å². The summed E-state index contributed by atoms with van der Waals surface area (Å²) in [7, 11) is 0. The Morgan fingerprint density at radius 1 is 1.33 bits per heavy atom. The van der Waals surface area contributed by atoms with Gasteiger partial charge >= 0.3 is 0 Å². The average molecular weight is 288 g/mol. The van der Waals surface area contributed by atoms with E-state index in [9.17, 15) is 10.1 Å². The van der Waals surface area contributed by atoms with E-state index in [4.69, 9.17) is 0 Å². The second kappa shape index (κ2) is 4.46. The van der Waals surface area contributed by atoms with E-state index in [2.05, 4.69) is 26.1 Å². The summed E-state index contributed by atoms with van der Waals surface area (Å²) in [6, 6.07) is 5.72. The molecule has 114 valence electrons. The lowest BCUT2D eigenvalue weighted by atomic mass is 9.69. The van der Waals surface area contributed by atoms with Crippen LogP contribution in [0.1, 0.15) is 45.6 Å². The monoisotopic (exact) mass is 288 g/mol. The number of anilines is 1. The highest BCUT2D eigenvalue weighted by Gasteiger charge is 2.61. The first-order chi connectivity index (χ1) is 9.77. The van der Waals surface area contributed by atoms with Crippen LogP contribution in [0.4, 0.5) is 11.4 Å². The van der Waals surface area contributed by atoms with Crippen molar-refractivity contribution in [2.75, 3.05) is 5.32 Å². The summed E-state index contributed by atoms with van der Waals surface area (Å²) in [6.45, 7) is 8.98. The van der Waals surface area contributed by atoms with E-state index in [1.165, 1.54) is 19.3 Å². The molecule has 0 heterocycles. The first-order valence-electron chi connectivity index (χ1n) is 7.78. The first kappa shape index (κ1) is 14.4. The van der Waals surface area contributed by atoms with Gasteiger partial charge in [-0.15, -0.1) is 0 Å². The summed E-state index contributed by atoms with van der Waals surface area (Å²) in [5.41, 5.74) is 2.48. The van der Waals surface area contributed by atoms with Crippen LogP contribution in [0.15, 0.2) is 18.2 Å². The van der Waals surface area contributed by atoms with Gasteiger partial charge in [-0.2, -0.15) is 0 Å². The molecular formula is C17H24N2O2. The molecule has 0 amide bonds. The summed E-state index contributed by atoms with van der Waals surface area (Å²) >= 11 is 0. The number of nitro benzene ring substituents is 1. The van der Waals surface area contributed by atoms with Crippen molar-refractivity contribution in [3.8, 4) is 0 Å². The SMILES string of the molecule is Cc1c(NC2CC3CCC2(C)C3(C)C)cccc1[N+](=O)[O-]. The minimum atomic E-state index is -0.299. The Morgan fingerprint density at radius 2 is 2.05 bits per heavy atom. The largest absolute Gasteiger partial charge is 0.381 e. The maximum absolute atomic E-state index is 11.1. The topological polar surface area (TPSA) is 55.2 Å². The molecule has 3 unspecified atom stereocenters. The van der Waals surface area contributed by atoms with Crippen molar-refractivity contribution in [3.63, 3.8) is 0 Å². The highest BCUT2D eigenvalue weighted by Crippen LogP contribution is 2.65. The molecule has 2 aliphatic rings. The van der Waals surface area contributed by atoms with Gasteiger partial charge in [0.05, 0.1) is 4.92 Å². The van der Waals surface area contributed by atoms with Gasteiger partial charge in [-0.05, 0) is 49.0 Å². The maximum atomic E-state index is 11.1. The number of nitrogens with one attached hydrogen (secondary N) is 1. The molecule has 0 saturated heterocycles. The zero-order chi connectivity index (χ0) is 15.4. The lowest BCUT2D eigenvalue weighted by Gasteiger charge is -2.40. The maximum Gasteiger partial charge on any atom is 0.274 e. The summed E-state index contributed by atoms with van der Waals surface area (Å²) in [6.07, 6.45) is 3.73. The number of nitro groups is 1. The predicted molar refractivity (Wildman–Crippen MR) is 84.5 cm³/mol. The van der Waals surface area contributed by atoms with Gasteiger partial charge < -0.3 is 5.32 Å². The smallest absolute Gasteiger partial charge is 0.274 e. The Morgan fingerprint density at radius 3 is 2.57 bits per heavy atom. The summed E-state index contributed by atoms with van der Waals surface area (Å²) < 4.78 is 0.